The van der Waals surface area contributed by atoms with E-state index in [2.05, 4.69) is 69.8 Å². The monoisotopic (exact) mass is 306 g/mol. The van der Waals surface area contributed by atoms with E-state index in [9.17, 15) is 0 Å². The lowest BCUT2D eigenvalue weighted by molar-refractivity contribution is 1.16. The number of thiophene rings is 1. The Morgan fingerprint density at radius 1 is 1.24 bits per heavy atom. The van der Waals surface area contributed by atoms with E-state index >= 15 is 0 Å². The summed E-state index contributed by atoms with van der Waals surface area (Å²) in [6.07, 6.45) is 4.13. The molecule has 3 heterocycles. The maximum absolute atomic E-state index is 4.65. The highest BCUT2D eigenvalue weighted by atomic mass is 79.9. The van der Waals surface area contributed by atoms with Gasteiger partial charge in [-0.25, -0.2) is 4.98 Å². The molecule has 0 aromatic carbocycles. The summed E-state index contributed by atoms with van der Waals surface area (Å²) in [5.41, 5.74) is 3.24. The van der Waals surface area contributed by atoms with Crippen molar-refractivity contribution in [2.24, 2.45) is 0 Å². The van der Waals surface area contributed by atoms with Crippen molar-refractivity contribution in [3.8, 4) is 10.6 Å². The zero-order chi connectivity index (χ0) is 12.0. The van der Waals surface area contributed by atoms with Crippen LogP contribution in [0.5, 0.6) is 0 Å². The minimum atomic E-state index is 0.992. The molecule has 0 amide bonds. The molecule has 4 heteroatoms. The number of hydrogen-bond donors (Lipinski definition) is 0. The lowest BCUT2D eigenvalue weighted by Gasteiger charge is -1.98. The molecule has 0 saturated heterocycles. The van der Waals surface area contributed by atoms with Crippen molar-refractivity contribution in [2.75, 3.05) is 0 Å². The summed E-state index contributed by atoms with van der Waals surface area (Å²) in [4.78, 5) is 7.19. The van der Waals surface area contributed by atoms with Crippen LogP contribution in [0, 0.1) is 13.8 Å². The number of pyridine rings is 1. The Bertz CT molecular complexity index is 658. The van der Waals surface area contributed by atoms with Crippen LogP contribution in [0.3, 0.4) is 0 Å². The molecule has 3 aromatic heterocycles. The molecule has 0 spiro atoms. The molecule has 3 rings (SSSR count). The third-order valence-electron chi connectivity index (χ3n) is 2.73. The molecule has 0 unspecified atom stereocenters. The van der Waals surface area contributed by atoms with E-state index in [-0.39, 0.29) is 0 Å². The summed E-state index contributed by atoms with van der Waals surface area (Å²) in [6.45, 7) is 4.19. The van der Waals surface area contributed by atoms with Crippen LogP contribution in [0.4, 0.5) is 0 Å². The summed E-state index contributed by atoms with van der Waals surface area (Å²) in [5, 5.41) is 0. The van der Waals surface area contributed by atoms with Crippen LogP contribution in [0.15, 0.2) is 35.1 Å². The van der Waals surface area contributed by atoms with Gasteiger partial charge in [0.1, 0.15) is 5.65 Å². The molecule has 0 aliphatic rings. The first-order valence-corrected chi connectivity index (χ1v) is 6.96. The summed E-state index contributed by atoms with van der Waals surface area (Å²) < 4.78 is 3.16. The molecule has 0 atom stereocenters. The smallest absolute Gasteiger partial charge is 0.137 e. The molecule has 0 N–H and O–H groups in total. The minimum Gasteiger partial charge on any atom is -0.305 e. The number of aromatic nitrogens is 2. The van der Waals surface area contributed by atoms with Gasteiger partial charge in [-0.2, -0.15) is 0 Å². The van der Waals surface area contributed by atoms with Crippen LogP contribution in [-0.2, 0) is 0 Å². The van der Waals surface area contributed by atoms with E-state index < -0.39 is 0 Å². The Labute approximate surface area is 112 Å². The van der Waals surface area contributed by atoms with Gasteiger partial charge in [-0.1, -0.05) is 0 Å². The Morgan fingerprint density at radius 3 is 2.76 bits per heavy atom. The number of nitrogens with zero attached hydrogens (tertiary/aromatic N) is 2. The molecule has 3 aromatic rings. The van der Waals surface area contributed by atoms with Gasteiger partial charge in [0.2, 0.25) is 0 Å². The van der Waals surface area contributed by atoms with Crippen LogP contribution >= 0.6 is 27.3 Å². The molecule has 2 nitrogen and oxygen atoms in total. The highest BCUT2D eigenvalue weighted by molar-refractivity contribution is 9.10. The number of fused-ring (bicyclic) bond motifs is 1. The molecular weight excluding hydrogens is 296 g/mol. The summed E-state index contributed by atoms with van der Waals surface area (Å²) in [6, 6.07) is 6.35. The first-order valence-electron chi connectivity index (χ1n) is 5.35. The first-order chi connectivity index (χ1) is 8.13. The standard InChI is InChI=1S/C13H11BrN2S/c1-8-5-13-15-11(7-16(13)6-10(8)14)12-4-3-9(2)17-12/h3-7H,1-2H3. The highest BCUT2D eigenvalue weighted by Gasteiger charge is 2.07. The Balaban J connectivity index is 2.19. The van der Waals surface area contributed by atoms with Gasteiger partial charge in [0.25, 0.3) is 0 Å². The Morgan fingerprint density at radius 2 is 2.06 bits per heavy atom. The number of rotatable bonds is 1. The zero-order valence-electron chi connectivity index (χ0n) is 9.57. The average molecular weight is 307 g/mol. The van der Waals surface area contributed by atoms with E-state index in [1.807, 2.05) is 0 Å². The summed E-state index contributed by atoms with van der Waals surface area (Å²) in [5.74, 6) is 0. The number of hydrogen-bond acceptors (Lipinski definition) is 2. The second-order valence-corrected chi connectivity index (χ2v) is 6.25. The van der Waals surface area contributed by atoms with Crippen LogP contribution in [-0.4, -0.2) is 9.38 Å². The number of aryl methyl sites for hydroxylation is 2. The fraction of sp³-hybridized carbons (Fsp3) is 0.154. The zero-order valence-corrected chi connectivity index (χ0v) is 12.0. The van der Waals surface area contributed by atoms with Gasteiger partial charge in [0.05, 0.1) is 10.6 Å². The van der Waals surface area contributed by atoms with Crippen molar-refractivity contribution in [3.63, 3.8) is 0 Å². The van der Waals surface area contributed by atoms with Gasteiger partial charge in [-0.3, -0.25) is 0 Å². The molecule has 0 saturated carbocycles. The highest BCUT2D eigenvalue weighted by Crippen LogP contribution is 2.28. The fourth-order valence-corrected chi connectivity index (χ4v) is 2.95. The normalized spacial score (nSPS) is 11.2. The maximum atomic E-state index is 4.65. The van der Waals surface area contributed by atoms with Gasteiger partial charge >= 0.3 is 0 Å². The van der Waals surface area contributed by atoms with E-state index in [4.69, 9.17) is 0 Å². The van der Waals surface area contributed by atoms with E-state index in [1.165, 1.54) is 15.3 Å². The molecule has 0 fully saturated rings. The Kier molecular flexibility index (Phi) is 2.56. The van der Waals surface area contributed by atoms with Crippen LogP contribution in [0.2, 0.25) is 0 Å². The van der Waals surface area contributed by atoms with Gasteiger partial charge < -0.3 is 4.40 Å². The first kappa shape index (κ1) is 11.0. The lowest BCUT2D eigenvalue weighted by atomic mass is 10.3. The van der Waals surface area contributed by atoms with Crippen molar-refractivity contribution in [1.82, 2.24) is 9.38 Å². The van der Waals surface area contributed by atoms with E-state index in [1.54, 1.807) is 11.3 Å². The van der Waals surface area contributed by atoms with Crippen molar-refractivity contribution in [2.45, 2.75) is 13.8 Å². The molecule has 0 aliphatic heterocycles. The lowest BCUT2D eigenvalue weighted by Crippen LogP contribution is -1.85. The second-order valence-electron chi connectivity index (χ2n) is 4.11. The SMILES string of the molecule is Cc1ccc(-c2cn3cc(Br)c(C)cc3n2)s1. The molecular formula is C13H11BrN2S. The van der Waals surface area contributed by atoms with Crippen LogP contribution in [0.25, 0.3) is 16.2 Å². The van der Waals surface area contributed by atoms with Gasteiger partial charge in [-0.05, 0) is 53.5 Å². The molecule has 17 heavy (non-hydrogen) atoms. The average Bonchev–Trinajstić information content (AvgIpc) is 2.85. The molecule has 0 radical (unpaired) electrons. The van der Waals surface area contributed by atoms with Crippen LogP contribution in [0.1, 0.15) is 10.4 Å². The largest absolute Gasteiger partial charge is 0.305 e. The van der Waals surface area contributed by atoms with Gasteiger partial charge in [0, 0.05) is 21.7 Å². The van der Waals surface area contributed by atoms with Crippen molar-refractivity contribution < 1.29 is 0 Å². The van der Waals surface area contributed by atoms with Crippen LogP contribution < -0.4 is 0 Å². The van der Waals surface area contributed by atoms with Crippen molar-refractivity contribution in [3.05, 3.63) is 45.5 Å². The molecule has 0 aliphatic carbocycles. The quantitative estimate of drug-likeness (QED) is 0.649. The third kappa shape index (κ3) is 1.91. The topological polar surface area (TPSA) is 17.3 Å². The molecule has 86 valence electrons. The van der Waals surface area contributed by atoms with Crippen molar-refractivity contribution in [1.29, 1.82) is 0 Å². The predicted molar refractivity (Wildman–Crippen MR) is 75.7 cm³/mol. The minimum absolute atomic E-state index is 0.992. The Hall–Kier alpha value is -1.13. The number of halogens is 1. The summed E-state index contributed by atoms with van der Waals surface area (Å²) in [7, 11) is 0. The van der Waals surface area contributed by atoms with Gasteiger partial charge in [-0.15, -0.1) is 11.3 Å². The fourth-order valence-electron chi connectivity index (χ4n) is 1.80. The van der Waals surface area contributed by atoms with Crippen molar-refractivity contribution >= 4 is 32.9 Å². The van der Waals surface area contributed by atoms with E-state index in [0.29, 0.717) is 0 Å². The van der Waals surface area contributed by atoms with E-state index in [0.717, 1.165) is 15.8 Å². The predicted octanol–water partition coefficient (Wildman–Crippen LogP) is 4.44. The molecule has 0 bridgehead atoms. The third-order valence-corrected chi connectivity index (χ3v) is 4.58. The second kappa shape index (κ2) is 3.96. The maximum Gasteiger partial charge on any atom is 0.137 e. The number of imidazole rings is 1. The summed E-state index contributed by atoms with van der Waals surface area (Å²) >= 11 is 5.32. The van der Waals surface area contributed by atoms with Gasteiger partial charge in [0.15, 0.2) is 0 Å².